The maximum atomic E-state index is 13.2. The zero-order valence-electron chi connectivity index (χ0n) is 10.1. The number of amidine groups is 1. The molecule has 1 heterocycles. The molecule has 0 fully saturated rings. The van der Waals surface area contributed by atoms with E-state index in [1.54, 1.807) is 12.1 Å². The molecule has 0 saturated carbocycles. The van der Waals surface area contributed by atoms with Crippen molar-refractivity contribution in [3.63, 3.8) is 0 Å². The molecule has 1 N–H and O–H groups in total. The summed E-state index contributed by atoms with van der Waals surface area (Å²) in [6.45, 7) is 4.02. The van der Waals surface area contributed by atoms with E-state index in [1.807, 2.05) is 6.07 Å². The number of halogens is 1. The Morgan fingerprint density at radius 2 is 2.18 bits per heavy atom. The fraction of sp³-hybridized carbons (Fsp3) is 0.500. The molecule has 1 unspecified atom stereocenters. The quantitative estimate of drug-likeness (QED) is 0.831. The summed E-state index contributed by atoms with van der Waals surface area (Å²) >= 11 is 0. The predicted octanol–water partition coefficient (Wildman–Crippen LogP) is 2.32. The van der Waals surface area contributed by atoms with Crippen molar-refractivity contribution in [2.45, 2.75) is 26.2 Å². The van der Waals surface area contributed by atoms with E-state index in [9.17, 15) is 4.39 Å². The first-order valence-corrected chi connectivity index (χ1v) is 6.30. The first-order chi connectivity index (χ1) is 8.23. The molecular formula is C14H17FN2. The van der Waals surface area contributed by atoms with Crippen LogP contribution < -0.4 is 5.32 Å². The third-order valence-corrected chi connectivity index (χ3v) is 4.08. The maximum absolute atomic E-state index is 13.2. The molecule has 0 amide bonds. The molecule has 1 aromatic carbocycles. The topological polar surface area (TPSA) is 24.4 Å². The number of rotatable bonds is 2. The Morgan fingerprint density at radius 3 is 2.88 bits per heavy atom. The molecule has 0 bridgehead atoms. The second-order valence-electron chi connectivity index (χ2n) is 5.06. The molecule has 1 atom stereocenters. The molecule has 1 aliphatic heterocycles. The number of hydrogen-bond donors (Lipinski definition) is 1. The lowest BCUT2D eigenvalue weighted by molar-refractivity contribution is 0.419. The van der Waals surface area contributed by atoms with Crippen molar-refractivity contribution in [3.8, 4) is 0 Å². The summed E-state index contributed by atoms with van der Waals surface area (Å²) in [5.41, 5.74) is 2.53. The van der Waals surface area contributed by atoms with Crippen LogP contribution in [0.1, 0.15) is 24.5 Å². The summed E-state index contributed by atoms with van der Waals surface area (Å²) in [5.74, 6) is 1.01. The Morgan fingerprint density at radius 1 is 1.35 bits per heavy atom. The van der Waals surface area contributed by atoms with Gasteiger partial charge >= 0.3 is 0 Å². The van der Waals surface area contributed by atoms with Gasteiger partial charge in [0.25, 0.3) is 0 Å². The average Bonchev–Trinajstić information content (AvgIpc) is 2.95. The molecule has 0 saturated heterocycles. The largest absolute Gasteiger partial charge is 0.371 e. The van der Waals surface area contributed by atoms with Crippen molar-refractivity contribution in [1.82, 2.24) is 5.32 Å². The van der Waals surface area contributed by atoms with E-state index in [2.05, 4.69) is 17.2 Å². The van der Waals surface area contributed by atoms with Crippen molar-refractivity contribution in [3.05, 3.63) is 35.1 Å². The smallest absolute Gasteiger partial charge is 0.123 e. The molecule has 3 heteroatoms. The summed E-state index contributed by atoms with van der Waals surface area (Å²) in [7, 11) is 0. The molecule has 3 rings (SSSR count). The molecule has 0 spiro atoms. The van der Waals surface area contributed by atoms with Gasteiger partial charge in [-0.3, -0.25) is 4.99 Å². The van der Waals surface area contributed by atoms with E-state index in [-0.39, 0.29) is 11.2 Å². The maximum Gasteiger partial charge on any atom is 0.123 e. The number of benzene rings is 1. The van der Waals surface area contributed by atoms with Crippen LogP contribution in [0.2, 0.25) is 0 Å². The predicted molar refractivity (Wildman–Crippen MR) is 66.8 cm³/mol. The van der Waals surface area contributed by atoms with Gasteiger partial charge < -0.3 is 5.32 Å². The van der Waals surface area contributed by atoms with Crippen LogP contribution in [-0.4, -0.2) is 18.9 Å². The van der Waals surface area contributed by atoms with Crippen LogP contribution in [0.25, 0.3) is 0 Å². The van der Waals surface area contributed by atoms with Gasteiger partial charge in [-0.1, -0.05) is 13.0 Å². The normalized spacial score (nSPS) is 26.6. The minimum Gasteiger partial charge on any atom is -0.371 e. The molecule has 2 aliphatic rings. The fourth-order valence-electron chi connectivity index (χ4n) is 3.06. The van der Waals surface area contributed by atoms with Gasteiger partial charge in [-0.25, -0.2) is 4.39 Å². The highest BCUT2D eigenvalue weighted by Gasteiger charge is 2.41. The van der Waals surface area contributed by atoms with Gasteiger partial charge in [-0.05, 0) is 42.5 Å². The molecule has 2 nitrogen and oxygen atoms in total. The number of aliphatic imine (C=N–C) groups is 1. The van der Waals surface area contributed by atoms with Gasteiger partial charge in [0.2, 0.25) is 0 Å². The summed E-state index contributed by atoms with van der Waals surface area (Å²) < 4.78 is 13.2. The van der Waals surface area contributed by atoms with Crippen LogP contribution in [0, 0.1) is 11.2 Å². The van der Waals surface area contributed by atoms with E-state index in [0.29, 0.717) is 0 Å². The van der Waals surface area contributed by atoms with Crippen LogP contribution in [0.4, 0.5) is 4.39 Å². The Labute approximate surface area is 101 Å². The van der Waals surface area contributed by atoms with Crippen LogP contribution in [0.15, 0.2) is 23.2 Å². The third-order valence-electron chi connectivity index (χ3n) is 4.08. The van der Waals surface area contributed by atoms with Gasteiger partial charge in [0.1, 0.15) is 11.7 Å². The van der Waals surface area contributed by atoms with E-state index in [4.69, 9.17) is 0 Å². The van der Waals surface area contributed by atoms with E-state index in [0.717, 1.165) is 43.8 Å². The van der Waals surface area contributed by atoms with Gasteiger partial charge in [0, 0.05) is 12.0 Å². The molecule has 17 heavy (non-hydrogen) atoms. The van der Waals surface area contributed by atoms with Crippen LogP contribution in [-0.2, 0) is 12.8 Å². The first-order valence-electron chi connectivity index (χ1n) is 6.30. The first kappa shape index (κ1) is 10.8. The van der Waals surface area contributed by atoms with Crippen molar-refractivity contribution in [2.24, 2.45) is 10.4 Å². The average molecular weight is 232 g/mol. The van der Waals surface area contributed by atoms with Crippen molar-refractivity contribution in [1.29, 1.82) is 0 Å². The molecule has 90 valence electrons. The van der Waals surface area contributed by atoms with Gasteiger partial charge in [0.05, 0.1) is 6.54 Å². The van der Waals surface area contributed by atoms with E-state index < -0.39 is 0 Å². The summed E-state index contributed by atoms with van der Waals surface area (Å²) in [6.07, 6.45) is 2.96. The minimum absolute atomic E-state index is 0.0899. The zero-order valence-corrected chi connectivity index (χ0v) is 10.1. The second kappa shape index (κ2) is 3.83. The summed E-state index contributed by atoms with van der Waals surface area (Å²) in [6, 6.07) is 5.17. The highest BCUT2D eigenvalue weighted by atomic mass is 19.1. The fourth-order valence-corrected chi connectivity index (χ4v) is 3.06. The van der Waals surface area contributed by atoms with E-state index in [1.165, 1.54) is 5.56 Å². The standard InChI is InChI=1S/C14H17FN2/c1-2-14(13-16-5-6-17-13)8-10-3-4-12(15)7-11(10)9-14/h3-4,7H,2,5-6,8-9H2,1H3,(H,16,17). The number of fused-ring (bicyclic) bond motifs is 1. The summed E-state index contributed by atoms with van der Waals surface area (Å²) in [5, 5.41) is 3.40. The Hall–Kier alpha value is -1.38. The van der Waals surface area contributed by atoms with Crippen LogP contribution >= 0.6 is 0 Å². The highest BCUT2D eigenvalue weighted by Crippen LogP contribution is 2.41. The molecular weight excluding hydrogens is 215 g/mol. The van der Waals surface area contributed by atoms with Crippen molar-refractivity contribution < 1.29 is 4.39 Å². The minimum atomic E-state index is -0.128. The van der Waals surface area contributed by atoms with Gasteiger partial charge in [-0.15, -0.1) is 0 Å². The number of hydrogen-bond acceptors (Lipinski definition) is 2. The lowest BCUT2D eigenvalue weighted by Crippen LogP contribution is -2.39. The lowest BCUT2D eigenvalue weighted by Gasteiger charge is -2.27. The van der Waals surface area contributed by atoms with Crippen molar-refractivity contribution in [2.75, 3.05) is 13.1 Å². The zero-order chi connectivity index (χ0) is 11.9. The lowest BCUT2D eigenvalue weighted by atomic mass is 9.80. The second-order valence-corrected chi connectivity index (χ2v) is 5.06. The third kappa shape index (κ3) is 1.65. The van der Waals surface area contributed by atoms with Crippen molar-refractivity contribution >= 4 is 5.84 Å². The molecule has 1 aromatic rings. The van der Waals surface area contributed by atoms with Crippen LogP contribution in [0.3, 0.4) is 0 Å². The van der Waals surface area contributed by atoms with Gasteiger partial charge in [0.15, 0.2) is 0 Å². The molecule has 1 aliphatic carbocycles. The SMILES string of the molecule is CCC1(C2=NCCN2)Cc2ccc(F)cc2C1. The Balaban J connectivity index is 1.97. The molecule has 0 radical (unpaired) electrons. The van der Waals surface area contributed by atoms with Crippen LogP contribution in [0.5, 0.6) is 0 Å². The number of nitrogens with one attached hydrogen (secondary N) is 1. The monoisotopic (exact) mass is 232 g/mol. The molecule has 0 aromatic heterocycles. The Kier molecular flexibility index (Phi) is 2.42. The number of nitrogens with zero attached hydrogens (tertiary/aromatic N) is 1. The summed E-state index contributed by atoms with van der Waals surface area (Å²) in [4.78, 5) is 4.58. The van der Waals surface area contributed by atoms with Gasteiger partial charge in [-0.2, -0.15) is 0 Å². The highest BCUT2D eigenvalue weighted by molar-refractivity contribution is 5.90. The van der Waals surface area contributed by atoms with E-state index >= 15 is 0 Å². The Bertz CT molecular complexity index is 481.